The van der Waals surface area contributed by atoms with Gasteiger partial charge in [0.1, 0.15) is 11.5 Å². The first-order valence-electron chi connectivity index (χ1n) is 6.61. The maximum atomic E-state index is 5.83. The van der Waals surface area contributed by atoms with Crippen molar-refractivity contribution in [3.05, 3.63) is 23.7 Å². The zero-order valence-corrected chi connectivity index (χ0v) is 11.2. The molecule has 1 aliphatic rings. The van der Waals surface area contributed by atoms with Crippen molar-refractivity contribution >= 4 is 0 Å². The molecule has 0 saturated heterocycles. The quantitative estimate of drug-likeness (QED) is 0.737. The van der Waals surface area contributed by atoms with Gasteiger partial charge < -0.3 is 14.6 Å². The van der Waals surface area contributed by atoms with Crippen LogP contribution in [0.3, 0.4) is 0 Å². The van der Waals surface area contributed by atoms with Crippen LogP contribution in [0.4, 0.5) is 0 Å². The minimum Gasteiger partial charge on any atom is -0.464 e. The van der Waals surface area contributed by atoms with Crippen LogP contribution in [-0.4, -0.2) is 32.1 Å². The molecule has 96 valence electrons. The van der Waals surface area contributed by atoms with E-state index in [9.17, 15) is 0 Å². The lowest BCUT2D eigenvalue weighted by atomic mass is 10.3. The van der Waals surface area contributed by atoms with Crippen LogP contribution in [-0.2, 0) is 6.54 Å². The summed E-state index contributed by atoms with van der Waals surface area (Å²) in [5.74, 6) is 3.77. The number of nitrogens with zero attached hydrogens (tertiary/aromatic N) is 1. The standard InChI is InChI=1S/C14H24N2O/c1-11-9-13(11)14-6-5-12(17-14)10-15-7-4-8-16(2)3/h5-6,11,13,15H,4,7-10H2,1-3H3. The van der Waals surface area contributed by atoms with Crippen LogP contribution in [0.25, 0.3) is 0 Å². The van der Waals surface area contributed by atoms with Gasteiger partial charge in [-0.2, -0.15) is 0 Å². The van der Waals surface area contributed by atoms with Crippen LogP contribution >= 0.6 is 0 Å². The van der Waals surface area contributed by atoms with Crippen molar-refractivity contribution in [1.29, 1.82) is 0 Å². The molecule has 0 bridgehead atoms. The SMILES string of the molecule is CC1CC1c1ccc(CNCCCN(C)C)o1. The Kier molecular flexibility index (Phi) is 4.24. The molecule has 1 saturated carbocycles. The van der Waals surface area contributed by atoms with E-state index < -0.39 is 0 Å². The molecule has 17 heavy (non-hydrogen) atoms. The first-order valence-corrected chi connectivity index (χ1v) is 6.61. The summed E-state index contributed by atoms with van der Waals surface area (Å²) in [6, 6.07) is 4.25. The Labute approximate surface area is 104 Å². The van der Waals surface area contributed by atoms with Gasteiger partial charge in [-0.15, -0.1) is 0 Å². The zero-order valence-electron chi connectivity index (χ0n) is 11.2. The molecule has 1 aliphatic carbocycles. The van der Waals surface area contributed by atoms with Gasteiger partial charge >= 0.3 is 0 Å². The lowest BCUT2D eigenvalue weighted by Gasteiger charge is -2.08. The zero-order chi connectivity index (χ0) is 12.3. The van der Waals surface area contributed by atoms with Gasteiger partial charge in [0.05, 0.1) is 6.54 Å². The summed E-state index contributed by atoms with van der Waals surface area (Å²) in [5, 5.41) is 3.42. The molecule has 0 spiro atoms. The highest BCUT2D eigenvalue weighted by atomic mass is 16.3. The van der Waals surface area contributed by atoms with Crippen LogP contribution in [0.5, 0.6) is 0 Å². The molecular formula is C14H24N2O. The van der Waals surface area contributed by atoms with Gasteiger partial charge in [0.25, 0.3) is 0 Å². The van der Waals surface area contributed by atoms with Gasteiger partial charge in [0.15, 0.2) is 0 Å². The summed E-state index contributed by atoms with van der Waals surface area (Å²) in [7, 11) is 4.21. The van der Waals surface area contributed by atoms with Crippen molar-refractivity contribution in [3.8, 4) is 0 Å². The normalized spacial score (nSPS) is 23.3. The second-order valence-electron chi connectivity index (χ2n) is 5.46. The summed E-state index contributed by atoms with van der Waals surface area (Å²) in [6.07, 6.45) is 2.48. The second kappa shape index (κ2) is 5.69. The Hall–Kier alpha value is -0.800. The predicted octanol–water partition coefficient (Wildman–Crippen LogP) is 2.44. The molecular weight excluding hydrogens is 212 g/mol. The molecule has 3 nitrogen and oxygen atoms in total. The van der Waals surface area contributed by atoms with Crippen molar-refractivity contribution < 1.29 is 4.42 Å². The Morgan fingerprint density at radius 3 is 2.82 bits per heavy atom. The van der Waals surface area contributed by atoms with Crippen molar-refractivity contribution in [1.82, 2.24) is 10.2 Å². The average Bonchev–Trinajstić information content (AvgIpc) is 2.83. The van der Waals surface area contributed by atoms with Crippen LogP contribution in [0.1, 0.15) is 37.2 Å². The predicted molar refractivity (Wildman–Crippen MR) is 70.1 cm³/mol. The molecule has 1 aromatic rings. The Morgan fingerprint density at radius 2 is 2.18 bits per heavy atom. The average molecular weight is 236 g/mol. The smallest absolute Gasteiger partial charge is 0.117 e. The lowest BCUT2D eigenvalue weighted by Crippen LogP contribution is -2.20. The van der Waals surface area contributed by atoms with E-state index in [1.54, 1.807) is 0 Å². The van der Waals surface area contributed by atoms with Crippen LogP contribution in [0.15, 0.2) is 16.5 Å². The third-order valence-corrected chi connectivity index (χ3v) is 3.42. The topological polar surface area (TPSA) is 28.4 Å². The Morgan fingerprint density at radius 1 is 1.41 bits per heavy atom. The van der Waals surface area contributed by atoms with Gasteiger partial charge in [-0.3, -0.25) is 0 Å². The van der Waals surface area contributed by atoms with Gasteiger partial charge in [-0.05, 0) is 58.1 Å². The van der Waals surface area contributed by atoms with E-state index in [-0.39, 0.29) is 0 Å². The number of hydrogen-bond donors (Lipinski definition) is 1. The fourth-order valence-electron chi connectivity index (χ4n) is 2.14. The highest BCUT2D eigenvalue weighted by molar-refractivity contribution is 5.17. The van der Waals surface area contributed by atoms with Crippen molar-refractivity contribution in [3.63, 3.8) is 0 Å². The molecule has 0 aromatic carbocycles. The lowest BCUT2D eigenvalue weighted by molar-refractivity contribution is 0.388. The van der Waals surface area contributed by atoms with Gasteiger partial charge in [0, 0.05) is 5.92 Å². The fraction of sp³-hybridized carbons (Fsp3) is 0.714. The number of hydrogen-bond acceptors (Lipinski definition) is 3. The first kappa shape index (κ1) is 12.7. The van der Waals surface area contributed by atoms with E-state index in [0.29, 0.717) is 5.92 Å². The van der Waals surface area contributed by atoms with Gasteiger partial charge in [-0.1, -0.05) is 6.92 Å². The van der Waals surface area contributed by atoms with E-state index in [2.05, 4.69) is 43.4 Å². The highest BCUT2D eigenvalue weighted by Crippen LogP contribution is 2.47. The van der Waals surface area contributed by atoms with E-state index >= 15 is 0 Å². The molecule has 3 heteroatoms. The highest BCUT2D eigenvalue weighted by Gasteiger charge is 2.36. The Bertz CT molecular complexity index is 346. The third kappa shape index (κ3) is 3.86. The van der Waals surface area contributed by atoms with E-state index in [4.69, 9.17) is 4.42 Å². The third-order valence-electron chi connectivity index (χ3n) is 3.42. The summed E-state index contributed by atoms with van der Waals surface area (Å²) < 4.78 is 5.83. The molecule has 1 N–H and O–H groups in total. The molecule has 2 rings (SSSR count). The minimum absolute atomic E-state index is 0.692. The van der Waals surface area contributed by atoms with Crippen LogP contribution in [0.2, 0.25) is 0 Å². The van der Waals surface area contributed by atoms with Crippen molar-refractivity contribution in [2.75, 3.05) is 27.2 Å². The largest absolute Gasteiger partial charge is 0.464 e. The monoisotopic (exact) mass is 236 g/mol. The molecule has 1 fully saturated rings. The summed E-state index contributed by atoms with van der Waals surface area (Å²) in [5.41, 5.74) is 0. The number of furan rings is 1. The van der Waals surface area contributed by atoms with Gasteiger partial charge in [0.2, 0.25) is 0 Å². The maximum absolute atomic E-state index is 5.83. The minimum atomic E-state index is 0.692. The molecule has 2 atom stereocenters. The van der Waals surface area contributed by atoms with Crippen molar-refractivity contribution in [2.24, 2.45) is 5.92 Å². The first-order chi connectivity index (χ1) is 8.16. The van der Waals surface area contributed by atoms with Crippen LogP contribution in [0, 0.1) is 5.92 Å². The molecule has 0 radical (unpaired) electrons. The fourth-order valence-corrected chi connectivity index (χ4v) is 2.14. The van der Waals surface area contributed by atoms with Crippen molar-refractivity contribution in [2.45, 2.75) is 32.2 Å². The summed E-state index contributed by atoms with van der Waals surface area (Å²) in [6.45, 7) is 5.32. The molecule has 2 unspecified atom stereocenters. The van der Waals surface area contributed by atoms with E-state index in [1.165, 1.54) is 18.6 Å². The van der Waals surface area contributed by atoms with E-state index in [0.717, 1.165) is 31.3 Å². The van der Waals surface area contributed by atoms with Crippen LogP contribution < -0.4 is 5.32 Å². The molecule has 1 heterocycles. The number of nitrogens with one attached hydrogen (secondary N) is 1. The Balaban J connectivity index is 1.64. The number of rotatable bonds is 7. The van der Waals surface area contributed by atoms with Gasteiger partial charge in [-0.25, -0.2) is 0 Å². The summed E-state index contributed by atoms with van der Waals surface area (Å²) in [4.78, 5) is 2.21. The maximum Gasteiger partial charge on any atom is 0.117 e. The molecule has 0 amide bonds. The molecule has 0 aliphatic heterocycles. The van der Waals surface area contributed by atoms with E-state index in [1.807, 2.05) is 0 Å². The second-order valence-corrected chi connectivity index (χ2v) is 5.46. The summed E-state index contributed by atoms with van der Waals surface area (Å²) >= 11 is 0. The molecule has 1 aromatic heterocycles.